The standard InChI is InChI=1S/C30H31N5O3/c1-36-23-13-9-20(10-14-23)18-37-25-7-4-8-26(17-25)38-24-15-11-21(12-16-24)28(31)27-29(32)33-19-34-30(27)35-22-5-2-3-6-22/h4,7-17,19,22,31H,2-3,5-6,18H2,1H3,(H3,32,33,34,35). The zero-order chi connectivity index (χ0) is 26.3. The summed E-state index contributed by atoms with van der Waals surface area (Å²) in [7, 11) is 1.65. The van der Waals surface area contributed by atoms with Crippen LogP contribution in [-0.4, -0.2) is 28.8 Å². The van der Waals surface area contributed by atoms with Crippen molar-refractivity contribution in [2.75, 3.05) is 18.2 Å². The normalized spacial score (nSPS) is 13.2. The van der Waals surface area contributed by atoms with Gasteiger partial charge in [-0.3, -0.25) is 5.41 Å². The summed E-state index contributed by atoms with van der Waals surface area (Å²) >= 11 is 0. The van der Waals surface area contributed by atoms with Gasteiger partial charge in [-0.15, -0.1) is 0 Å². The molecule has 0 saturated heterocycles. The molecule has 1 fully saturated rings. The van der Waals surface area contributed by atoms with Gasteiger partial charge in [-0.2, -0.15) is 0 Å². The molecule has 5 rings (SSSR count). The largest absolute Gasteiger partial charge is 0.497 e. The Morgan fingerprint density at radius 2 is 1.63 bits per heavy atom. The molecule has 0 atom stereocenters. The van der Waals surface area contributed by atoms with Crippen LogP contribution in [0.5, 0.6) is 23.0 Å². The van der Waals surface area contributed by atoms with E-state index in [9.17, 15) is 0 Å². The first-order chi connectivity index (χ1) is 18.6. The van der Waals surface area contributed by atoms with Crippen LogP contribution < -0.4 is 25.3 Å². The Morgan fingerprint density at radius 3 is 2.37 bits per heavy atom. The summed E-state index contributed by atoms with van der Waals surface area (Å²) in [5.74, 6) is 3.73. The maximum absolute atomic E-state index is 8.82. The lowest BCUT2D eigenvalue weighted by atomic mass is 10.0. The first-order valence-electron chi connectivity index (χ1n) is 12.7. The third-order valence-corrected chi connectivity index (χ3v) is 6.57. The molecule has 194 valence electrons. The summed E-state index contributed by atoms with van der Waals surface area (Å²) in [6, 6.07) is 23.0. The Labute approximate surface area is 222 Å². The highest BCUT2D eigenvalue weighted by molar-refractivity contribution is 6.16. The highest BCUT2D eigenvalue weighted by Gasteiger charge is 2.21. The van der Waals surface area contributed by atoms with Crippen molar-refractivity contribution < 1.29 is 14.2 Å². The molecule has 0 radical (unpaired) electrons. The quantitative estimate of drug-likeness (QED) is 0.218. The van der Waals surface area contributed by atoms with Crippen LogP contribution in [0, 0.1) is 5.41 Å². The number of rotatable bonds is 10. The average molecular weight is 510 g/mol. The van der Waals surface area contributed by atoms with Gasteiger partial charge in [0, 0.05) is 17.7 Å². The van der Waals surface area contributed by atoms with E-state index in [-0.39, 0.29) is 11.5 Å². The van der Waals surface area contributed by atoms with Crippen molar-refractivity contribution in [3.8, 4) is 23.0 Å². The van der Waals surface area contributed by atoms with Gasteiger partial charge in [0.2, 0.25) is 0 Å². The van der Waals surface area contributed by atoms with Crippen molar-refractivity contribution in [1.82, 2.24) is 9.97 Å². The second kappa shape index (κ2) is 11.6. The van der Waals surface area contributed by atoms with Crippen molar-refractivity contribution >= 4 is 17.3 Å². The second-order valence-electron chi connectivity index (χ2n) is 9.22. The third kappa shape index (κ3) is 6.03. The molecule has 8 nitrogen and oxygen atoms in total. The van der Waals surface area contributed by atoms with E-state index in [1.54, 1.807) is 7.11 Å². The zero-order valence-electron chi connectivity index (χ0n) is 21.3. The van der Waals surface area contributed by atoms with Crippen LogP contribution in [0.1, 0.15) is 42.4 Å². The van der Waals surface area contributed by atoms with Crippen LogP contribution in [0.15, 0.2) is 79.1 Å². The van der Waals surface area contributed by atoms with Gasteiger partial charge in [-0.05, 0) is 66.9 Å². The monoisotopic (exact) mass is 509 g/mol. The van der Waals surface area contributed by atoms with E-state index >= 15 is 0 Å². The number of methoxy groups -OCH3 is 1. The summed E-state index contributed by atoms with van der Waals surface area (Å²) < 4.78 is 17.2. The summed E-state index contributed by atoms with van der Waals surface area (Å²) in [5, 5.41) is 12.3. The molecule has 0 aliphatic heterocycles. The first-order valence-corrected chi connectivity index (χ1v) is 12.7. The number of hydrogen-bond donors (Lipinski definition) is 3. The zero-order valence-corrected chi connectivity index (χ0v) is 21.3. The fourth-order valence-electron chi connectivity index (χ4n) is 4.50. The van der Waals surface area contributed by atoms with Crippen LogP contribution in [0.2, 0.25) is 0 Å². The van der Waals surface area contributed by atoms with E-state index in [1.807, 2.05) is 72.8 Å². The van der Waals surface area contributed by atoms with Gasteiger partial charge in [-0.1, -0.05) is 31.0 Å². The van der Waals surface area contributed by atoms with Crippen molar-refractivity contribution in [1.29, 1.82) is 5.41 Å². The van der Waals surface area contributed by atoms with Gasteiger partial charge in [0.15, 0.2) is 0 Å². The molecule has 8 heteroatoms. The minimum atomic E-state index is 0.268. The highest BCUT2D eigenvalue weighted by atomic mass is 16.5. The van der Waals surface area contributed by atoms with E-state index in [4.69, 9.17) is 25.4 Å². The van der Waals surface area contributed by atoms with Gasteiger partial charge in [0.1, 0.15) is 47.6 Å². The van der Waals surface area contributed by atoms with Gasteiger partial charge >= 0.3 is 0 Å². The van der Waals surface area contributed by atoms with Crippen molar-refractivity contribution in [2.45, 2.75) is 38.3 Å². The number of nitrogens with one attached hydrogen (secondary N) is 2. The molecule has 1 aromatic heterocycles. The number of nitrogen functional groups attached to an aromatic ring is 1. The van der Waals surface area contributed by atoms with Crippen molar-refractivity contribution in [2.24, 2.45) is 0 Å². The van der Waals surface area contributed by atoms with E-state index in [2.05, 4.69) is 15.3 Å². The summed E-state index contributed by atoms with van der Waals surface area (Å²) in [5.41, 5.74) is 8.71. The van der Waals surface area contributed by atoms with Crippen LogP contribution in [0.4, 0.5) is 11.6 Å². The SMILES string of the molecule is COc1ccc(COc2cccc(Oc3ccc(C(=N)c4c(N)ncnc4NC4CCCC4)cc3)c2)cc1. The smallest absolute Gasteiger partial charge is 0.141 e. The minimum Gasteiger partial charge on any atom is -0.497 e. The molecular formula is C30H31N5O3. The Morgan fingerprint density at radius 1 is 0.921 bits per heavy atom. The van der Waals surface area contributed by atoms with Crippen LogP contribution in [-0.2, 0) is 6.61 Å². The number of aromatic nitrogens is 2. The number of nitrogens with zero attached hydrogens (tertiary/aromatic N) is 2. The van der Waals surface area contributed by atoms with E-state index in [0.717, 1.165) is 24.2 Å². The summed E-state index contributed by atoms with van der Waals surface area (Å²) in [6.07, 6.45) is 6.02. The lowest BCUT2D eigenvalue weighted by Gasteiger charge is -2.17. The molecule has 1 heterocycles. The Kier molecular flexibility index (Phi) is 7.68. The molecule has 3 aromatic carbocycles. The second-order valence-corrected chi connectivity index (χ2v) is 9.22. The predicted octanol–water partition coefficient (Wildman–Crippen LogP) is 6.21. The number of anilines is 2. The predicted molar refractivity (Wildman–Crippen MR) is 149 cm³/mol. The summed E-state index contributed by atoms with van der Waals surface area (Å²) in [6.45, 7) is 0.439. The van der Waals surface area contributed by atoms with Crippen LogP contribution in [0.3, 0.4) is 0 Å². The number of nitrogens with two attached hydrogens (primary N) is 1. The van der Waals surface area contributed by atoms with E-state index in [1.165, 1.54) is 19.2 Å². The molecule has 0 bridgehead atoms. The Hall–Kier alpha value is -4.59. The summed E-state index contributed by atoms with van der Waals surface area (Å²) in [4.78, 5) is 8.52. The third-order valence-electron chi connectivity index (χ3n) is 6.57. The van der Waals surface area contributed by atoms with Gasteiger partial charge in [0.05, 0.1) is 18.4 Å². The Balaban J connectivity index is 1.24. The van der Waals surface area contributed by atoms with Gasteiger partial charge in [-0.25, -0.2) is 9.97 Å². The molecule has 0 amide bonds. The molecule has 4 aromatic rings. The first kappa shape index (κ1) is 25.1. The van der Waals surface area contributed by atoms with Crippen LogP contribution >= 0.6 is 0 Å². The molecule has 1 aliphatic carbocycles. The molecule has 4 N–H and O–H groups in total. The average Bonchev–Trinajstić information content (AvgIpc) is 3.46. The molecule has 1 saturated carbocycles. The van der Waals surface area contributed by atoms with E-state index < -0.39 is 0 Å². The number of hydrogen-bond acceptors (Lipinski definition) is 8. The maximum Gasteiger partial charge on any atom is 0.141 e. The molecule has 0 unspecified atom stereocenters. The molecule has 38 heavy (non-hydrogen) atoms. The molecular weight excluding hydrogens is 478 g/mol. The fourth-order valence-corrected chi connectivity index (χ4v) is 4.50. The molecule has 1 aliphatic rings. The topological polar surface area (TPSA) is 115 Å². The van der Waals surface area contributed by atoms with Crippen molar-refractivity contribution in [3.63, 3.8) is 0 Å². The number of ether oxygens (including phenoxy) is 3. The van der Waals surface area contributed by atoms with Crippen LogP contribution in [0.25, 0.3) is 0 Å². The van der Waals surface area contributed by atoms with Crippen molar-refractivity contribution in [3.05, 3.63) is 95.8 Å². The lowest BCUT2D eigenvalue weighted by molar-refractivity contribution is 0.304. The Bertz CT molecular complexity index is 1380. The highest BCUT2D eigenvalue weighted by Crippen LogP contribution is 2.29. The fraction of sp³-hybridized carbons (Fsp3) is 0.233. The van der Waals surface area contributed by atoms with Gasteiger partial charge in [0.25, 0.3) is 0 Å². The minimum absolute atomic E-state index is 0.268. The number of benzene rings is 3. The lowest BCUT2D eigenvalue weighted by Crippen LogP contribution is -2.20. The van der Waals surface area contributed by atoms with E-state index in [0.29, 0.717) is 46.8 Å². The maximum atomic E-state index is 8.82. The molecule has 0 spiro atoms. The van der Waals surface area contributed by atoms with Gasteiger partial charge < -0.3 is 25.3 Å².